The van der Waals surface area contributed by atoms with Crippen molar-refractivity contribution in [3.05, 3.63) is 0 Å². The molecule has 0 aromatic carbocycles. The van der Waals surface area contributed by atoms with Crippen molar-refractivity contribution < 1.29 is 19.4 Å². The van der Waals surface area contributed by atoms with Crippen LogP contribution in [0.1, 0.15) is 25.7 Å². The van der Waals surface area contributed by atoms with Crippen molar-refractivity contribution >= 4 is 23.8 Å². The fourth-order valence-corrected chi connectivity index (χ4v) is 2.37. The van der Waals surface area contributed by atoms with Gasteiger partial charge >= 0.3 is 12.0 Å². The predicted molar refractivity (Wildman–Crippen MR) is 74.5 cm³/mol. The third kappa shape index (κ3) is 6.68. The number of hydrogen-bond acceptors (Lipinski definition) is 4. The third-order valence-corrected chi connectivity index (χ3v) is 3.63. The number of rotatable bonds is 8. The number of carboxylic acid groups (broad SMARTS) is 1. The predicted octanol–water partition coefficient (Wildman–Crippen LogP) is 1.06. The van der Waals surface area contributed by atoms with Crippen molar-refractivity contribution in [2.75, 3.05) is 25.1 Å². The first kappa shape index (κ1) is 16.1. The number of amides is 2. The average Bonchev–Trinajstić information content (AvgIpc) is 2.85. The van der Waals surface area contributed by atoms with Crippen LogP contribution < -0.4 is 10.6 Å². The van der Waals surface area contributed by atoms with E-state index in [-0.39, 0.29) is 12.1 Å². The van der Waals surface area contributed by atoms with E-state index in [1.165, 1.54) is 0 Å². The molecular weight excluding hydrogens is 268 g/mol. The lowest BCUT2D eigenvalue weighted by atomic mass is 10.2. The Labute approximate surface area is 117 Å². The fourth-order valence-electron chi connectivity index (χ4n) is 1.88. The highest BCUT2D eigenvalue weighted by molar-refractivity contribution is 7.98. The van der Waals surface area contributed by atoms with Gasteiger partial charge in [-0.1, -0.05) is 0 Å². The molecule has 7 heteroatoms. The van der Waals surface area contributed by atoms with Gasteiger partial charge < -0.3 is 20.5 Å². The standard InChI is InChI=1S/C12H22N2O4S/c1-19-7-3-2-6-13-12(17)14-8-9-4-5-10(18-9)11(15)16/h9-10H,2-8H2,1H3,(H,15,16)(H2,13,14,17). The van der Waals surface area contributed by atoms with Crippen LogP contribution in [0.2, 0.25) is 0 Å². The molecule has 0 radical (unpaired) electrons. The van der Waals surface area contributed by atoms with Gasteiger partial charge in [0.1, 0.15) is 0 Å². The quantitative estimate of drug-likeness (QED) is 0.582. The molecule has 1 saturated heterocycles. The van der Waals surface area contributed by atoms with Crippen molar-refractivity contribution in [1.29, 1.82) is 0 Å². The highest BCUT2D eigenvalue weighted by Crippen LogP contribution is 2.19. The number of thioether (sulfide) groups is 1. The minimum absolute atomic E-state index is 0.191. The van der Waals surface area contributed by atoms with Crippen LogP contribution in [-0.2, 0) is 9.53 Å². The lowest BCUT2D eigenvalue weighted by molar-refractivity contribution is -0.149. The molecule has 0 saturated carbocycles. The summed E-state index contributed by atoms with van der Waals surface area (Å²) in [5, 5.41) is 14.2. The van der Waals surface area contributed by atoms with Gasteiger partial charge in [0.05, 0.1) is 6.10 Å². The second-order valence-electron chi connectivity index (χ2n) is 4.50. The first-order chi connectivity index (χ1) is 9.13. The number of hydrogen-bond donors (Lipinski definition) is 3. The maximum Gasteiger partial charge on any atom is 0.332 e. The van der Waals surface area contributed by atoms with Gasteiger partial charge in [-0.3, -0.25) is 0 Å². The first-order valence-corrected chi connectivity index (χ1v) is 7.91. The van der Waals surface area contributed by atoms with E-state index < -0.39 is 12.1 Å². The second kappa shape index (κ2) is 9.03. The summed E-state index contributed by atoms with van der Waals surface area (Å²) < 4.78 is 5.29. The lowest BCUT2D eigenvalue weighted by Crippen LogP contribution is -2.40. The van der Waals surface area contributed by atoms with Crippen LogP contribution in [0.25, 0.3) is 0 Å². The monoisotopic (exact) mass is 290 g/mol. The Morgan fingerprint density at radius 2 is 2.11 bits per heavy atom. The number of carboxylic acids is 1. The molecule has 2 atom stereocenters. The molecule has 0 spiro atoms. The topological polar surface area (TPSA) is 87.7 Å². The van der Waals surface area contributed by atoms with Gasteiger partial charge in [0.2, 0.25) is 0 Å². The lowest BCUT2D eigenvalue weighted by Gasteiger charge is -2.12. The van der Waals surface area contributed by atoms with Crippen molar-refractivity contribution in [1.82, 2.24) is 10.6 Å². The molecule has 0 aliphatic carbocycles. The average molecular weight is 290 g/mol. The molecule has 6 nitrogen and oxygen atoms in total. The van der Waals surface area contributed by atoms with Crippen LogP contribution in [0.5, 0.6) is 0 Å². The van der Waals surface area contributed by atoms with Crippen LogP contribution >= 0.6 is 11.8 Å². The Bertz CT molecular complexity index is 301. The van der Waals surface area contributed by atoms with Crippen LogP contribution in [0, 0.1) is 0 Å². The number of aliphatic carboxylic acids is 1. The number of carbonyl (C=O) groups excluding carboxylic acids is 1. The Morgan fingerprint density at radius 3 is 2.74 bits per heavy atom. The van der Waals surface area contributed by atoms with E-state index in [4.69, 9.17) is 9.84 Å². The van der Waals surface area contributed by atoms with Gasteiger partial charge in [-0.25, -0.2) is 9.59 Å². The Morgan fingerprint density at radius 1 is 1.32 bits per heavy atom. The van der Waals surface area contributed by atoms with Gasteiger partial charge in [-0.05, 0) is 37.7 Å². The fraction of sp³-hybridized carbons (Fsp3) is 0.833. The van der Waals surface area contributed by atoms with Crippen LogP contribution in [0.3, 0.4) is 0 Å². The summed E-state index contributed by atoms with van der Waals surface area (Å²) in [7, 11) is 0. The van der Waals surface area contributed by atoms with Gasteiger partial charge in [-0.15, -0.1) is 0 Å². The van der Waals surface area contributed by atoms with E-state index in [0.29, 0.717) is 25.9 Å². The SMILES string of the molecule is CSCCCCNC(=O)NCC1CCC(C(=O)O)O1. The Hall–Kier alpha value is -0.950. The molecule has 0 aromatic heterocycles. The van der Waals surface area contributed by atoms with E-state index in [1.54, 1.807) is 11.8 Å². The first-order valence-electron chi connectivity index (χ1n) is 6.52. The number of nitrogens with one attached hydrogen (secondary N) is 2. The van der Waals surface area contributed by atoms with E-state index in [0.717, 1.165) is 18.6 Å². The largest absolute Gasteiger partial charge is 0.479 e. The molecule has 1 aliphatic heterocycles. The molecule has 0 aromatic rings. The molecule has 19 heavy (non-hydrogen) atoms. The minimum atomic E-state index is -0.930. The maximum absolute atomic E-state index is 11.4. The third-order valence-electron chi connectivity index (χ3n) is 2.93. The minimum Gasteiger partial charge on any atom is -0.479 e. The number of carbonyl (C=O) groups is 2. The van der Waals surface area contributed by atoms with Crippen LogP contribution in [-0.4, -0.2) is 54.4 Å². The van der Waals surface area contributed by atoms with Gasteiger partial charge in [0.25, 0.3) is 0 Å². The van der Waals surface area contributed by atoms with E-state index >= 15 is 0 Å². The van der Waals surface area contributed by atoms with Crippen LogP contribution in [0.15, 0.2) is 0 Å². The molecule has 110 valence electrons. The summed E-state index contributed by atoms with van der Waals surface area (Å²) in [4.78, 5) is 22.1. The molecule has 1 rings (SSSR count). The summed E-state index contributed by atoms with van der Waals surface area (Å²) in [6.07, 6.45) is 4.39. The normalized spacial score (nSPS) is 22.2. The number of urea groups is 1. The summed E-state index contributed by atoms with van der Waals surface area (Å²) in [5.74, 6) is 0.177. The molecule has 0 bridgehead atoms. The molecule has 3 N–H and O–H groups in total. The highest BCUT2D eigenvalue weighted by Gasteiger charge is 2.30. The number of unbranched alkanes of at least 4 members (excludes halogenated alkanes) is 1. The zero-order chi connectivity index (χ0) is 14.1. The molecular formula is C12H22N2O4S. The summed E-state index contributed by atoms with van der Waals surface area (Å²) in [6.45, 7) is 1.02. The molecule has 1 heterocycles. The van der Waals surface area contributed by atoms with Crippen LogP contribution in [0.4, 0.5) is 4.79 Å². The molecule has 2 unspecified atom stereocenters. The maximum atomic E-state index is 11.4. The highest BCUT2D eigenvalue weighted by atomic mass is 32.2. The van der Waals surface area contributed by atoms with Gasteiger partial charge in [-0.2, -0.15) is 11.8 Å². The molecule has 2 amide bonds. The summed E-state index contributed by atoms with van der Waals surface area (Å²) in [6, 6.07) is -0.216. The zero-order valence-corrected chi connectivity index (χ0v) is 12.0. The molecule has 1 fully saturated rings. The van der Waals surface area contributed by atoms with Crippen molar-refractivity contribution in [2.24, 2.45) is 0 Å². The summed E-state index contributed by atoms with van der Waals surface area (Å²) in [5.41, 5.74) is 0. The number of ether oxygens (including phenoxy) is 1. The van der Waals surface area contributed by atoms with E-state index in [9.17, 15) is 9.59 Å². The zero-order valence-electron chi connectivity index (χ0n) is 11.2. The van der Waals surface area contributed by atoms with Gasteiger partial charge in [0, 0.05) is 13.1 Å². The van der Waals surface area contributed by atoms with Crippen molar-refractivity contribution in [2.45, 2.75) is 37.9 Å². The van der Waals surface area contributed by atoms with Crippen molar-refractivity contribution in [3.63, 3.8) is 0 Å². The van der Waals surface area contributed by atoms with E-state index in [2.05, 4.69) is 16.9 Å². The van der Waals surface area contributed by atoms with E-state index in [1.807, 2.05) is 0 Å². The Kier molecular flexibility index (Phi) is 7.66. The Balaban J connectivity index is 2.03. The second-order valence-corrected chi connectivity index (χ2v) is 5.48. The van der Waals surface area contributed by atoms with Gasteiger partial charge in [0.15, 0.2) is 6.10 Å². The summed E-state index contributed by atoms with van der Waals surface area (Å²) >= 11 is 1.80. The molecule has 1 aliphatic rings. The van der Waals surface area contributed by atoms with Crippen molar-refractivity contribution in [3.8, 4) is 0 Å². The smallest absolute Gasteiger partial charge is 0.332 e.